The third-order valence-corrected chi connectivity index (χ3v) is 6.13. The van der Waals surface area contributed by atoms with Crippen molar-refractivity contribution >= 4 is 24.6 Å². The Morgan fingerprint density at radius 3 is 2.23 bits per heavy atom. The average Bonchev–Trinajstić information content (AvgIpc) is 2.79. The molecular weight excluding hydrogens is 402 g/mol. The van der Waals surface area contributed by atoms with Crippen molar-refractivity contribution in [2.45, 2.75) is 71.3 Å². The number of benzene rings is 1. The van der Waals surface area contributed by atoms with E-state index in [4.69, 9.17) is 14.0 Å². The van der Waals surface area contributed by atoms with Gasteiger partial charge in [-0.25, -0.2) is 9.18 Å². The molecule has 1 aromatic rings. The summed E-state index contributed by atoms with van der Waals surface area (Å²) in [6.07, 6.45) is -0.394. The topological polar surface area (TPSA) is 68.3 Å². The summed E-state index contributed by atoms with van der Waals surface area (Å²) >= 11 is 0. The Kier molecular flexibility index (Phi) is 5.91. The van der Waals surface area contributed by atoms with Crippen LogP contribution in [-0.4, -0.2) is 71.9 Å². The zero-order valence-electron chi connectivity index (χ0n) is 19.6. The number of hydrogen-bond acceptors (Lipinski definition) is 5. The normalized spacial score (nSPS) is 20.4. The van der Waals surface area contributed by atoms with Gasteiger partial charge in [0.1, 0.15) is 11.4 Å². The molecule has 0 atom stereocenters. The number of nitrogens with zero attached hydrogens (tertiary/aromatic N) is 2. The highest BCUT2D eigenvalue weighted by Gasteiger charge is 2.52. The van der Waals surface area contributed by atoms with E-state index in [9.17, 15) is 14.0 Å². The molecule has 2 heterocycles. The molecular formula is C22H32BFN2O5. The Bertz CT molecular complexity index is 861. The van der Waals surface area contributed by atoms with Crippen LogP contribution in [0.25, 0.3) is 0 Å². The molecule has 9 heteroatoms. The molecule has 2 aliphatic rings. The summed E-state index contributed by atoms with van der Waals surface area (Å²) < 4.78 is 31.8. The number of likely N-dealkylation sites (N-methyl/N-ethyl adjacent to an activating group) is 1. The number of hydrogen-bond donors (Lipinski definition) is 0. The number of ether oxygens (including phenoxy) is 1. The monoisotopic (exact) mass is 434 g/mol. The van der Waals surface area contributed by atoms with Gasteiger partial charge in [-0.15, -0.1) is 0 Å². The van der Waals surface area contributed by atoms with E-state index in [1.807, 2.05) is 48.5 Å². The molecule has 0 unspecified atom stereocenters. The highest BCUT2D eigenvalue weighted by Crippen LogP contribution is 2.36. The van der Waals surface area contributed by atoms with Gasteiger partial charge < -0.3 is 23.8 Å². The van der Waals surface area contributed by atoms with Crippen LogP contribution in [0.5, 0.6) is 0 Å². The standard InChI is InChI=1S/C22H32BFN2O5/c1-20(2,3)29-19(28)26-12-15(13-26)25(8)18(27)14-9-10-17(24)16(11-14)23-30-21(4,5)22(6,7)31-23/h9-11,15H,12-13H2,1-8H3. The Labute approximate surface area is 184 Å². The maximum Gasteiger partial charge on any atom is 0.497 e. The summed E-state index contributed by atoms with van der Waals surface area (Å²) in [5.41, 5.74) is -1.26. The van der Waals surface area contributed by atoms with Gasteiger partial charge in [0, 0.05) is 31.2 Å². The molecule has 0 spiro atoms. The van der Waals surface area contributed by atoms with E-state index in [-0.39, 0.29) is 17.4 Å². The molecule has 0 aliphatic carbocycles. The molecule has 7 nitrogen and oxygen atoms in total. The second kappa shape index (κ2) is 7.78. The first-order valence-electron chi connectivity index (χ1n) is 10.5. The zero-order chi connectivity index (χ0) is 23.4. The predicted octanol–water partition coefficient (Wildman–Crippen LogP) is 2.82. The number of rotatable bonds is 3. The number of halogens is 1. The minimum Gasteiger partial charge on any atom is -0.444 e. The van der Waals surface area contributed by atoms with Crippen molar-refractivity contribution < 1.29 is 28.0 Å². The van der Waals surface area contributed by atoms with Crippen LogP contribution in [0.15, 0.2) is 18.2 Å². The van der Waals surface area contributed by atoms with E-state index >= 15 is 0 Å². The van der Waals surface area contributed by atoms with Gasteiger partial charge in [0.15, 0.2) is 0 Å². The SMILES string of the molecule is CN(C(=O)c1ccc(F)c(B2OC(C)(C)C(C)(C)O2)c1)C1CN(C(=O)OC(C)(C)C)C1. The second-order valence-electron chi connectivity index (χ2n) is 10.3. The first-order chi connectivity index (χ1) is 14.1. The summed E-state index contributed by atoms with van der Waals surface area (Å²) in [7, 11) is 0.784. The quantitative estimate of drug-likeness (QED) is 0.685. The average molecular weight is 434 g/mol. The molecule has 2 fully saturated rings. The highest BCUT2D eigenvalue weighted by atomic mass is 19.1. The molecule has 0 radical (unpaired) electrons. The molecule has 0 N–H and O–H groups in total. The molecule has 2 amide bonds. The lowest BCUT2D eigenvalue weighted by atomic mass is 9.78. The Morgan fingerprint density at radius 1 is 1.16 bits per heavy atom. The van der Waals surface area contributed by atoms with Crippen LogP contribution in [0.4, 0.5) is 9.18 Å². The van der Waals surface area contributed by atoms with Crippen LogP contribution in [0, 0.1) is 5.82 Å². The van der Waals surface area contributed by atoms with Crippen molar-refractivity contribution in [3.8, 4) is 0 Å². The van der Waals surface area contributed by atoms with Crippen LogP contribution < -0.4 is 5.46 Å². The van der Waals surface area contributed by atoms with E-state index in [1.165, 1.54) is 18.2 Å². The van der Waals surface area contributed by atoms with E-state index in [0.29, 0.717) is 18.7 Å². The number of carbonyl (C=O) groups is 2. The van der Waals surface area contributed by atoms with Crippen molar-refractivity contribution in [2.24, 2.45) is 0 Å². The molecule has 2 saturated heterocycles. The molecule has 0 saturated carbocycles. The van der Waals surface area contributed by atoms with E-state index in [0.717, 1.165) is 0 Å². The lowest BCUT2D eigenvalue weighted by Gasteiger charge is -2.44. The van der Waals surface area contributed by atoms with E-state index < -0.39 is 35.8 Å². The first-order valence-corrected chi connectivity index (χ1v) is 10.5. The molecule has 2 aliphatic heterocycles. The summed E-state index contributed by atoms with van der Waals surface area (Å²) in [5.74, 6) is -0.746. The number of likely N-dealkylation sites (tertiary alicyclic amines) is 1. The highest BCUT2D eigenvalue weighted by molar-refractivity contribution is 6.62. The van der Waals surface area contributed by atoms with Gasteiger partial charge in [0.2, 0.25) is 0 Å². The lowest BCUT2D eigenvalue weighted by molar-refractivity contribution is -0.00907. The maximum absolute atomic E-state index is 14.6. The summed E-state index contributed by atoms with van der Waals surface area (Å²) in [6, 6.07) is 4.06. The van der Waals surface area contributed by atoms with Crippen molar-refractivity contribution in [1.82, 2.24) is 9.80 Å². The van der Waals surface area contributed by atoms with Crippen molar-refractivity contribution in [2.75, 3.05) is 20.1 Å². The zero-order valence-corrected chi connectivity index (χ0v) is 19.6. The largest absolute Gasteiger partial charge is 0.497 e. The van der Waals surface area contributed by atoms with E-state index in [1.54, 1.807) is 16.8 Å². The Morgan fingerprint density at radius 2 is 1.71 bits per heavy atom. The summed E-state index contributed by atoms with van der Waals surface area (Å²) in [6.45, 7) is 13.8. The maximum atomic E-state index is 14.6. The molecule has 0 bridgehead atoms. The second-order valence-corrected chi connectivity index (χ2v) is 10.3. The summed E-state index contributed by atoms with van der Waals surface area (Å²) in [5, 5.41) is 0. The third kappa shape index (κ3) is 4.72. The third-order valence-electron chi connectivity index (χ3n) is 6.13. The van der Waals surface area contributed by atoms with Gasteiger partial charge in [0.25, 0.3) is 5.91 Å². The minimum absolute atomic E-state index is 0.134. The van der Waals surface area contributed by atoms with Gasteiger partial charge in [-0.2, -0.15) is 0 Å². The molecule has 1 aromatic carbocycles. The molecule has 3 rings (SSSR count). The Balaban J connectivity index is 1.68. The van der Waals surface area contributed by atoms with Crippen LogP contribution in [0.2, 0.25) is 0 Å². The number of carbonyl (C=O) groups excluding carboxylic acids is 2. The van der Waals surface area contributed by atoms with E-state index in [2.05, 4.69) is 0 Å². The van der Waals surface area contributed by atoms with Crippen LogP contribution in [0.1, 0.15) is 58.8 Å². The fourth-order valence-corrected chi connectivity index (χ4v) is 3.37. The van der Waals surface area contributed by atoms with Crippen molar-refractivity contribution in [3.63, 3.8) is 0 Å². The molecule has 0 aromatic heterocycles. The van der Waals surface area contributed by atoms with Gasteiger partial charge in [-0.05, 0) is 66.7 Å². The lowest BCUT2D eigenvalue weighted by Crippen LogP contribution is -2.61. The van der Waals surface area contributed by atoms with Gasteiger partial charge in [0.05, 0.1) is 17.2 Å². The molecule has 170 valence electrons. The Hall–Kier alpha value is -2.13. The van der Waals surface area contributed by atoms with Crippen LogP contribution in [-0.2, 0) is 14.0 Å². The number of amides is 2. The first kappa shape index (κ1) is 23.5. The molecule has 31 heavy (non-hydrogen) atoms. The van der Waals surface area contributed by atoms with Gasteiger partial charge >= 0.3 is 13.2 Å². The van der Waals surface area contributed by atoms with Crippen molar-refractivity contribution in [3.05, 3.63) is 29.6 Å². The van der Waals surface area contributed by atoms with Crippen LogP contribution >= 0.6 is 0 Å². The fourth-order valence-electron chi connectivity index (χ4n) is 3.37. The van der Waals surface area contributed by atoms with Crippen molar-refractivity contribution in [1.29, 1.82) is 0 Å². The fraction of sp³-hybridized carbons (Fsp3) is 0.636. The minimum atomic E-state index is -0.894. The summed E-state index contributed by atoms with van der Waals surface area (Å²) in [4.78, 5) is 28.2. The van der Waals surface area contributed by atoms with Crippen LogP contribution in [0.3, 0.4) is 0 Å². The smallest absolute Gasteiger partial charge is 0.444 e. The van der Waals surface area contributed by atoms with Gasteiger partial charge in [-0.3, -0.25) is 4.79 Å². The van der Waals surface area contributed by atoms with Gasteiger partial charge in [-0.1, -0.05) is 0 Å². The predicted molar refractivity (Wildman–Crippen MR) is 116 cm³/mol.